The van der Waals surface area contributed by atoms with E-state index < -0.39 is 24.1 Å². The minimum Gasteiger partial charge on any atom is -0.497 e. The van der Waals surface area contributed by atoms with Crippen molar-refractivity contribution in [2.24, 2.45) is 0 Å². The van der Waals surface area contributed by atoms with E-state index in [0.717, 1.165) is 5.56 Å². The van der Waals surface area contributed by atoms with Gasteiger partial charge in [0.25, 0.3) is 5.91 Å². The summed E-state index contributed by atoms with van der Waals surface area (Å²) in [6.07, 6.45) is -1.57. The van der Waals surface area contributed by atoms with Gasteiger partial charge in [0, 0.05) is 17.8 Å². The quantitative estimate of drug-likeness (QED) is 0.287. The highest BCUT2D eigenvalue weighted by atomic mass is 19.1. The van der Waals surface area contributed by atoms with E-state index in [2.05, 4.69) is 10.6 Å². The highest BCUT2D eigenvalue weighted by Gasteiger charge is 2.47. The summed E-state index contributed by atoms with van der Waals surface area (Å²) < 4.78 is 24.3. The Bertz CT molecular complexity index is 1540. The third kappa shape index (κ3) is 6.52. The van der Waals surface area contributed by atoms with Crippen molar-refractivity contribution in [1.82, 2.24) is 10.2 Å². The molecule has 41 heavy (non-hydrogen) atoms. The maximum Gasteiger partial charge on any atom is 0.411 e. The molecule has 1 aliphatic rings. The van der Waals surface area contributed by atoms with Crippen LogP contribution in [0.5, 0.6) is 5.75 Å². The fourth-order valence-corrected chi connectivity index (χ4v) is 4.65. The Hall–Kier alpha value is -5.18. The molecule has 0 aliphatic carbocycles. The summed E-state index contributed by atoms with van der Waals surface area (Å²) in [6.45, 7) is 0.309. The molecule has 8 nitrogen and oxygen atoms in total. The number of ether oxygens (including phenoxy) is 2. The summed E-state index contributed by atoms with van der Waals surface area (Å²) in [5.41, 5.74) is 2.96. The SMILES string of the molecule is COc1cccc(C(=O)Nc2cccc(C3OC(=O)N(Cc4ccccc4)C3C(=O)NCc3ccc(F)cc3)c2)c1. The molecule has 0 spiro atoms. The number of amides is 3. The molecule has 0 saturated carbocycles. The van der Waals surface area contributed by atoms with Gasteiger partial charge in [-0.05, 0) is 59.2 Å². The first kappa shape index (κ1) is 27.4. The average Bonchev–Trinajstić information content (AvgIpc) is 3.33. The summed E-state index contributed by atoms with van der Waals surface area (Å²) in [5.74, 6) is -0.588. The number of nitrogens with zero attached hydrogens (tertiary/aromatic N) is 1. The van der Waals surface area contributed by atoms with Crippen LogP contribution in [0.25, 0.3) is 0 Å². The maximum atomic E-state index is 13.6. The van der Waals surface area contributed by atoms with Crippen LogP contribution >= 0.6 is 0 Å². The summed E-state index contributed by atoms with van der Waals surface area (Å²) in [5, 5.41) is 5.71. The summed E-state index contributed by atoms with van der Waals surface area (Å²) >= 11 is 0. The number of halogens is 1. The fourth-order valence-electron chi connectivity index (χ4n) is 4.65. The molecule has 0 radical (unpaired) electrons. The Balaban J connectivity index is 1.39. The number of hydrogen-bond acceptors (Lipinski definition) is 5. The number of cyclic esters (lactones) is 1. The van der Waals surface area contributed by atoms with Crippen molar-refractivity contribution in [2.45, 2.75) is 25.2 Å². The average molecular weight is 554 g/mol. The molecule has 1 fully saturated rings. The molecule has 1 aliphatic heterocycles. The van der Waals surface area contributed by atoms with Gasteiger partial charge < -0.3 is 20.1 Å². The molecule has 208 valence electrons. The Morgan fingerprint density at radius 3 is 2.41 bits per heavy atom. The van der Waals surface area contributed by atoms with Crippen LogP contribution in [0.3, 0.4) is 0 Å². The van der Waals surface area contributed by atoms with E-state index in [-0.39, 0.29) is 24.8 Å². The third-order valence-electron chi connectivity index (χ3n) is 6.73. The topological polar surface area (TPSA) is 97.0 Å². The van der Waals surface area contributed by atoms with Crippen molar-refractivity contribution < 1.29 is 28.2 Å². The predicted octanol–water partition coefficient (Wildman–Crippen LogP) is 5.47. The molecule has 2 unspecified atom stereocenters. The molecule has 0 aromatic heterocycles. The van der Waals surface area contributed by atoms with E-state index in [4.69, 9.17) is 9.47 Å². The van der Waals surface area contributed by atoms with Crippen molar-refractivity contribution in [3.63, 3.8) is 0 Å². The number of benzene rings is 4. The lowest BCUT2D eigenvalue weighted by Crippen LogP contribution is -2.46. The standard InChI is InChI=1S/C32H28FN3O5/c1-40-27-12-6-10-24(18-27)30(37)35-26-11-5-9-23(17-26)29-28(31(38)34-19-21-13-15-25(33)16-14-21)36(32(39)41-29)20-22-7-3-2-4-8-22/h2-18,28-29H,19-20H2,1H3,(H,34,38)(H,35,37). The Morgan fingerprint density at radius 2 is 1.66 bits per heavy atom. The van der Waals surface area contributed by atoms with Crippen LogP contribution in [0.15, 0.2) is 103 Å². The highest BCUT2D eigenvalue weighted by Crippen LogP contribution is 2.35. The first-order chi connectivity index (χ1) is 19.9. The number of methoxy groups -OCH3 is 1. The van der Waals surface area contributed by atoms with Crippen molar-refractivity contribution in [1.29, 1.82) is 0 Å². The van der Waals surface area contributed by atoms with E-state index >= 15 is 0 Å². The Kier molecular flexibility index (Phi) is 8.24. The number of rotatable bonds is 9. The van der Waals surface area contributed by atoms with Crippen LogP contribution in [-0.2, 0) is 22.6 Å². The van der Waals surface area contributed by atoms with E-state index in [1.54, 1.807) is 60.7 Å². The van der Waals surface area contributed by atoms with Gasteiger partial charge in [-0.2, -0.15) is 0 Å². The van der Waals surface area contributed by atoms with Crippen molar-refractivity contribution in [2.75, 3.05) is 12.4 Å². The largest absolute Gasteiger partial charge is 0.497 e. The number of anilines is 1. The van der Waals surface area contributed by atoms with Gasteiger partial charge in [-0.15, -0.1) is 0 Å². The first-order valence-corrected chi connectivity index (χ1v) is 13.0. The second-order valence-electron chi connectivity index (χ2n) is 9.52. The molecular weight excluding hydrogens is 525 g/mol. The van der Waals surface area contributed by atoms with Gasteiger partial charge in [-0.25, -0.2) is 9.18 Å². The number of nitrogens with one attached hydrogen (secondary N) is 2. The molecule has 5 rings (SSSR count). The lowest BCUT2D eigenvalue weighted by atomic mass is 10.00. The minimum atomic E-state index is -0.993. The fraction of sp³-hybridized carbons (Fsp3) is 0.156. The van der Waals surface area contributed by atoms with E-state index in [1.807, 2.05) is 30.3 Å². The van der Waals surface area contributed by atoms with Crippen molar-refractivity contribution in [3.8, 4) is 5.75 Å². The monoisotopic (exact) mass is 553 g/mol. The Morgan fingerprint density at radius 1 is 0.902 bits per heavy atom. The van der Waals surface area contributed by atoms with Crippen LogP contribution in [0.4, 0.5) is 14.9 Å². The first-order valence-electron chi connectivity index (χ1n) is 13.0. The van der Waals surface area contributed by atoms with Gasteiger partial charge >= 0.3 is 6.09 Å². The second kappa shape index (κ2) is 12.3. The zero-order valence-corrected chi connectivity index (χ0v) is 22.3. The Labute approximate surface area is 236 Å². The maximum absolute atomic E-state index is 13.6. The molecule has 0 bridgehead atoms. The molecular formula is C32H28FN3O5. The van der Waals surface area contributed by atoms with Gasteiger partial charge in [0.2, 0.25) is 5.91 Å². The number of carbonyl (C=O) groups excluding carboxylic acids is 3. The molecule has 4 aromatic rings. The molecule has 2 N–H and O–H groups in total. The number of carbonyl (C=O) groups is 3. The van der Waals surface area contributed by atoms with Crippen LogP contribution in [0.1, 0.15) is 33.2 Å². The van der Waals surface area contributed by atoms with Crippen molar-refractivity contribution >= 4 is 23.6 Å². The lowest BCUT2D eigenvalue weighted by molar-refractivity contribution is -0.126. The highest BCUT2D eigenvalue weighted by molar-refractivity contribution is 6.04. The molecule has 9 heteroatoms. The van der Waals surface area contributed by atoms with Gasteiger partial charge in [0.15, 0.2) is 12.1 Å². The minimum absolute atomic E-state index is 0.145. The molecule has 4 aromatic carbocycles. The van der Waals surface area contributed by atoms with E-state index in [9.17, 15) is 18.8 Å². The van der Waals surface area contributed by atoms with Crippen LogP contribution in [0.2, 0.25) is 0 Å². The van der Waals surface area contributed by atoms with Gasteiger partial charge in [0.1, 0.15) is 11.6 Å². The third-order valence-corrected chi connectivity index (χ3v) is 6.73. The van der Waals surface area contributed by atoms with E-state index in [1.165, 1.54) is 24.1 Å². The zero-order chi connectivity index (χ0) is 28.8. The van der Waals surface area contributed by atoms with Gasteiger partial charge in [-0.1, -0.05) is 60.7 Å². The molecule has 1 saturated heterocycles. The second-order valence-corrected chi connectivity index (χ2v) is 9.52. The summed E-state index contributed by atoms with van der Waals surface area (Å²) in [6, 6.07) is 27.7. The van der Waals surface area contributed by atoms with Crippen LogP contribution in [0, 0.1) is 5.82 Å². The lowest BCUT2D eigenvalue weighted by Gasteiger charge is -2.24. The zero-order valence-electron chi connectivity index (χ0n) is 22.3. The summed E-state index contributed by atoms with van der Waals surface area (Å²) in [4.78, 5) is 41.0. The van der Waals surface area contributed by atoms with Gasteiger partial charge in [0.05, 0.1) is 13.7 Å². The molecule has 1 heterocycles. The smallest absolute Gasteiger partial charge is 0.411 e. The normalized spacial score (nSPS) is 16.1. The molecule has 3 amide bonds. The van der Waals surface area contributed by atoms with E-state index in [0.29, 0.717) is 28.1 Å². The van der Waals surface area contributed by atoms with Crippen LogP contribution < -0.4 is 15.4 Å². The van der Waals surface area contributed by atoms with Crippen LogP contribution in [-0.4, -0.2) is 36.0 Å². The number of hydrogen-bond donors (Lipinski definition) is 2. The summed E-state index contributed by atoms with van der Waals surface area (Å²) in [7, 11) is 1.52. The van der Waals surface area contributed by atoms with Crippen molar-refractivity contribution in [3.05, 3.63) is 131 Å². The van der Waals surface area contributed by atoms with Gasteiger partial charge in [-0.3, -0.25) is 14.5 Å². The molecule has 2 atom stereocenters. The predicted molar refractivity (Wildman–Crippen MR) is 151 cm³/mol.